The van der Waals surface area contributed by atoms with E-state index < -0.39 is 0 Å². The smallest absolute Gasteiger partial charge is 0.196 e. The highest BCUT2D eigenvalue weighted by Crippen LogP contribution is 2.41. The van der Waals surface area contributed by atoms with E-state index in [-0.39, 0.29) is 5.25 Å². The first-order chi connectivity index (χ1) is 17.1. The number of thioether (sulfide) groups is 1. The summed E-state index contributed by atoms with van der Waals surface area (Å²) < 4.78 is 2.11. The molecule has 0 aliphatic rings. The van der Waals surface area contributed by atoms with Gasteiger partial charge in [-0.25, -0.2) is 0 Å². The van der Waals surface area contributed by atoms with Crippen LogP contribution in [-0.2, 0) is 17.6 Å². The molecule has 0 spiro atoms. The molecule has 182 valence electrons. The Kier molecular flexibility index (Phi) is 10.4. The molecule has 0 aliphatic carbocycles. The van der Waals surface area contributed by atoms with E-state index in [4.69, 9.17) is 28.3 Å². The number of rotatable bonds is 9. The maximum absolute atomic E-state index is 10.9. The molecule has 1 N–H and O–H groups in total. The Hall–Kier alpha value is -2.64. The van der Waals surface area contributed by atoms with Crippen LogP contribution in [-0.4, -0.2) is 33.3 Å². The minimum absolute atomic E-state index is 0.0219. The van der Waals surface area contributed by atoms with E-state index in [2.05, 4.69) is 21.7 Å². The monoisotopic (exact) mass is 527 g/mol. The number of aryl methyl sites for hydroxylation is 1. The molecule has 1 aromatic heterocycles. The van der Waals surface area contributed by atoms with E-state index in [1.165, 1.54) is 0 Å². The Labute approximate surface area is 220 Å². The molecule has 0 amide bonds. The third kappa shape index (κ3) is 6.95. The summed E-state index contributed by atoms with van der Waals surface area (Å²) in [5.74, 6) is 0.911. The van der Waals surface area contributed by atoms with Gasteiger partial charge in [-0.05, 0) is 59.5 Å². The molecule has 0 aliphatic heterocycles. The number of aliphatic hydroxyl groups excluding tert-OH is 1. The van der Waals surface area contributed by atoms with Crippen molar-refractivity contribution in [3.05, 3.63) is 105 Å². The van der Waals surface area contributed by atoms with Crippen LogP contribution in [0.25, 0.3) is 5.69 Å². The van der Waals surface area contributed by atoms with Crippen molar-refractivity contribution in [2.45, 2.75) is 36.6 Å². The quantitative estimate of drug-likeness (QED) is 0.192. The first-order valence-electron chi connectivity index (χ1n) is 11.2. The van der Waals surface area contributed by atoms with Gasteiger partial charge in [0.25, 0.3) is 0 Å². The molecule has 0 atom stereocenters. The van der Waals surface area contributed by atoms with Crippen LogP contribution in [0, 0.1) is 0 Å². The van der Waals surface area contributed by atoms with Crippen molar-refractivity contribution in [2.75, 3.05) is 7.11 Å². The topological polar surface area (TPSA) is 68.0 Å². The summed E-state index contributed by atoms with van der Waals surface area (Å²) >= 11 is 13.9. The lowest BCUT2D eigenvalue weighted by atomic mass is 10.0. The van der Waals surface area contributed by atoms with Crippen LogP contribution in [0.15, 0.2) is 78.0 Å². The standard InChI is InChI=1S/C26H23Cl2N3OS.CH4O/c1-2-3-24-29-30-26(31(24)23-14-4-18(5-15-23)16-17-32)33-25(19-6-10-21(27)11-7-19)20-8-12-22(28)13-9-20;1-2/h4-15,17,25H,2-3,16H2,1H3;2H,1H3. The van der Waals surface area contributed by atoms with Crippen molar-refractivity contribution in [3.8, 4) is 5.69 Å². The van der Waals surface area contributed by atoms with Crippen molar-refractivity contribution in [1.82, 2.24) is 14.8 Å². The number of hydrogen-bond acceptors (Lipinski definition) is 5. The van der Waals surface area contributed by atoms with Gasteiger partial charge < -0.3 is 9.90 Å². The molecular formula is C27H27Cl2N3O2S. The molecule has 5 nitrogen and oxygen atoms in total. The summed E-state index contributed by atoms with van der Waals surface area (Å²) in [5.41, 5.74) is 4.18. The Morgan fingerprint density at radius 1 is 0.886 bits per heavy atom. The van der Waals surface area contributed by atoms with Crippen molar-refractivity contribution in [1.29, 1.82) is 0 Å². The summed E-state index contributed by atoms with van der Waals surface area (Å²) in [7, 11) is 1.00. The molecule has 3 aromatic carbocycles. The second-order valence-electron chi connectivity index (χ2n) is 7.62. The van der Waals surface area contributed by atoms with E-state index in [9.17, 15) is 4.79 Å². The Bertz CT molecular complexity index is 1170. The number of nitrogens with zero attached hydrogens (tertiary/aromatic N) is 3. The highest BCUT2D eigenvalue weighted by atomic mass is 35.5. The fraction of sp³-hybridized carbons (Fsp3) is 0.222. The zero-order chi connectivity index (χ0) is 25.2. The number of aliphatic hydroxyl groups is 1. The fourth-order valence-corrected chi connectivity index (χ4v) is 5.06. The Morgan fingerprint density at radius 2 is 1.43 bits per heavy atom. The van der Waals surface area contributed by atoms with Crippen LogP contribution in [0.5, 0.6) is 0 Å². The summed E-state index contributed by atoms with van der Waals surface area (Å²) in [6.45, 7) is 2.13. The molecule has 0 unspecified atom stereocenters. The lowest BCUT2D eigenvalue weighted by Crippen LogP contribution is -2.05. The average molecular weight is 529 g/mol. The highest BCUT2D eigenvalue weighted by Gasteiger charge is 2.22. The third-order valence-electron chi connectivity index (χ3n) is 5.26. The highest BCUT2D eigenvalue weighted by molar-refractivity contribution is 7.99. The van der Waals surface area contributed by atoms with Crippen LogP contribution in [0.2, 0.25) is 10.0 Å². The summed E-state index contributed by atoms with van der Waals surface area (Å²) in [5, 5.41) is 18.2. The zero-order valence-corrected chi connectivity index (χ0v) is 21.9. The molecule has 4 aromatic rings. The van der Waals surface area contributed by atoms with Gasteiger partial charge in [0, 0.05) is 35.7 Å². The fourth-order valence-electron chi connectivity index (χ4n) is 3.61. The van der Waals surface area contributed by atoms with Crippen LogP contribution in [0.3, 0.4) is 0 Å². The molecule has 0 bridgehead atoms. The minimum atomic E-state index is -0.0219. The van der Waals surface area contributed by atoms with Gasteiger partial charge >= 0.3 is 0 Å². The lowest BCUT2D eigenvalue weighted by Gasteiger charge is -2.19. The van der Waals surface area contributed by atoms with Gasteiger partial charge in [0.1, 0.15) is 12.1 Å². The predicted octanol–water partition coefficient (Wildman–Crippen LogP) is 6.76. The average Bonchev–Trinajstić information content (AvgIpc) is 3.28. The number of aldehydes is 1. The third-order valence-corrected chi connectivity index (χ3v) is 7.02. The van der Waals surface area contributed by atoms with Crippen molar-refractivity contribution < 1.29 is 9.90 Å². The maximum Gasteiger partial charge on any atom is 0.196 e. The molecule has 0 saturated heterocycles. The normalized spacial score (nSPS) is 10.7. The first kappa shape index (κ1) is 27.0. The van der Waals surface area contributed by atoms with Gasteiger partial charge in [0.2, 0.25) is 0 Å². The van der Waals surface area contributed by atoms with E-state index in [1.54, 1.807) is 11.8 Å². The van der Waals surface area contributed by atoms with Gasteiger partial charge in [-0.15, -0.1) is 10.2 Å². The van der Waals surface area contributed by atoms with E-state index in [0.717, 1.165) is 59.6 Å². The van der Waals surface area contributed by atoms with Gasteiger partial charge in [0.05, 0.1) is 5.25 Å². The zero-order valence-electron chi connectivity index (χ0n) is 19.6. The summed E-state index contributed by atoms with van der Waals surface area (Å²) in [6.07, 6.45) is 3.10. The van der Waals surface area contributed by atoms with Crippen molar-refractivity contribution >= 4 is 41.2 Å². The molecular weight excluding hydrogens is 501 g/mol. The van der Waals surface area contributed by atoms with Gasteiger partial charge in [-0.2, -0.15) is 0 Å². The van der Waals surface area contributed by atoms with Crippen LogP contribution >= 0.6 is 35.0 Å². The number of aromatic nitrogens is 3. The SMILES string of the molecule is CCCc1nnc(SC(c2ccc(Cl)cc2)c2ccc(Cl)cc2)n1-c1ccc(CC=O)cc1.CO. The predicted molar refractivity (Wildman–Crippen MR) is 144 cm³/mol. The molecule has 4 rings (SSSR count). The van der Waals surface area contributed by atoms with Crippen LogP contribution < -0.4 is 0 Å². The molecule has 0 radical (unpaired) electrons. The first-order valence-corrected chi connectivity index (χ1v) is 12.8. The van der Waals surface area contributed by atoms with Crippen LogP contribution in [0.1, 0.15) is 41.1 Å². The second kappa shape index (κ2) is 13.4. The Balaban J connectivity index is 0.00000167. The second-order valence-corrected chi connectivity index (χ2v) is 9.57. The van der Waals surface area contributed by atoms with Gasteiger partial charge in [-0.3, -0.25) is 4.57 Å². The maximum atomic E-state index is 10.9. The number of benzene rings is 3. The van der Waals surface area contributed by atoms with Gasteiger partial charge in [-0.1, -0.05) is 78.3 Å². The molecule has 35 heavy (non-hydrogen) atoms. The summed E-state index contributed by atoms with van der Waals surface area (Å²) in [6, 6.07) is 23.8. The van der Waals surface area contributed by atoms with Crippen molar-refractivity contribution in [2.24, 2.45) is 0 Å². The summed E-state index contributed by atoms with van der Waals surface area (Å²) in [4.78, 5) is 10.9. The number of carbonyl (C=O) groups excluding carboxylic acids is 1. The van der Waals surface area contributed by atoms with Crippen molar-refractivity contribution in [3.63, 3.8) is 0 Å². The molecule has 0 fully saturated rings. The molecule has 8 heteroatoms. The number of hydrogen-bond donors (Lipinski definition) is 1. The van der Waals surface area contributed by atoms with E-state index >= 15 is 0 Å². The molecule has 0 saturated carbocycles. The largest absolute Gasteiger partial charge is 0.400 e. The number of carbonyl (C=O) groups is 1. The van der Waals surface area contributed by atoms with E-state index in [0.29, 0.717) is 16.5 Å². The van der Waals surface area contributed by atoms with Crippen LogP contribution in [0.4, 0.5) is 0 Å². The van der Waals surface area contributed by atoms with Gasteiger partial charge in [0.15, 0.2) is 5.16 Å². The number of halogens is 2. The minimum Gasteiger partial charge on any atom is -0.400 e. The lowest BCUT2D eigenvalue weighted by molar-refractivity contribution is -0.107. The molecule has 1 heterocycles. The Morgan fingerprint density at radius 3 is 1.91 bits per heavy atom. The van der Waals surface area contributed by atoms with E-state index in [1.807, 2.05) is 72.8 Å².